The van der Waals surface area contributed by atoms with Gasteiger partial charge in [-0.15, -0.1) is 0 Å². The Kier molecular flexibility index (Phi) is 4.03. The van der Waals surface area contributed by atoms with E-state index < -0.39 is 11.9 Å². The van der Waals surface area contributed by atoms with Crippen LogP contribution in [0.4, 0.5) is 11.4 Å². The second kappa shape index (κ2) is 5.29. The fourth-order valence-corrected chi connectivity index (χ4v) is 1.32. The lowest BCUT2D eigenvalue weighted by Gasteiger charge is -2.16. The van der Waals surface area contributed by atoms with Crippen LogP contribution < -0.4 is 26.3 Å². The molecule has 6 nitrogen and oxygen atoms in total. The van der Waals surface area contributed by atoms with Gasteiger partial charge in [0.2, 0.25) is 5.91 Å². The van der Waals surface area contributed by atoms with E-state index in [0.717, 1.165) is 0 Å². The van der Waals surface area contributed by atoms with Gasteiger partial charge in [-0.25, -0.2) is 0 Å². The van der Waals surface area contributed by atoms with Crippen molar-refractivity contribution in [3.05, 3.63) is 12.1 Å². The summed E-state index contributed by atoms with van der Waals surface area (Å²) in [6, 6.07) is 2.76. The van der Waals surface area contributed by atoms with Gasteiger partial charge in [0, 0.05) is 12.1 Å². The van der Waals surface area contributed by atoms with E-state index in [0.29, 0.717) is 22.9 Å². The molecule has 0 radical (unpaired) electrons. The summed E-state index contributed by atoms with van der Waals surface area (Å²) in [5.41, 5.74) is 12.0. The van der Waals surface area contributed by atoms with Gasteiger partial charge >= 0.3 is 0 Å². The number of rotatable bonds is 5. The summed E-state index contributed by atoms with van der Waals surface area (Å²) in [6.45, 7) is 1.65. The maximum atomic E-state index is 11.0. The van der Waals surface area contributed by atoms with Crippen LogP contribution in [-0.4, -0.2) is 26.2 Å². The minimum absolute atomic E-state index is 0.454. The molecule has 0 aliphatic rings. The number of methoxy groups -OCH3 is 2. The molecule has 0 fully saturated rings. The molecule has 1 atom stereocenters. The highest BCUT2D eigenvalue weighted by atomic mass is 16.5. The number of anilines is 2. The van der Waals surface area contributed by atoms with Crippen molar-refractivity contribution in [2.75, 3.05) is 25.3 Å². The molecule has 0 aliphatic heterocycles. The molecular formula is C11H17N3O3. The topological polar surface area (TPSA) is 99.6 Å². The molecule has 1 aromatic rings. The van der Waals surface area contributed by atoms with Crippen LogP contribution in [0.25, 0.3) is 0 Å². The van der Waals surface area contributed by atoms with Gasteiger partial charge in [-0.2, -0.15) is 0 Å². The largest absolute Gasteiger partial charge is 0.493 e. The van der Waals surface area contributed by atoms with Crippen LogP contribution in [0.5, 0.6) is 11.5 Å². The quantitative estimate of drug-likeness (QED) is 0.652. The first-order valence-electron chi connectivity index (χ1n) is 5.07. The molecule has 1 unspecified atom stereocenters. The number of carbonyl (C=O) groups is 1. The molecule has 1 aromatic carbocycles. The highest BCUT2D eigenvalue weighted by Crippen LogP contribution is 2.34. The van der Waals surface area contributed by atoms with E-state index in [9.17, 15) is 4.79 Å². The van der Waals surface area contributed by atoms with Crippen molar-refractivity contribution in [3.63, 3.8) is 0 Å². The minimum atomic E-state index is -0.518. The third-order valence-electron chi connectivity index (χ3n) is 2.35. The summed E-state index contributed by atoms with van der Waals surface area (Å²) in [5.74, 6) is 0.599. The normalized spacial score (nSPS) is 11.7. The SMILES string of the molecule is COc1cc(N)c(NC(C)C(N)=O)cc1OC. The number of primary amides is 1. The smallest absolute Gasteiger partial charge is 0.239 e. The first-order valence-corrected chi connectivity index (χ1v) is 5.07. The number of carbonyl (C=O) groups excluding carboxylic acids is 1. The van der Waals surface area contributed by atoms with Crippen LogP contribution >= 0.6 is 0 Å². The third-order valence-corrected chi connectivity index (χ3v) is 2.35. The summed E-state index contributed by atoms with van der Waals surface area (Å²) < 4.78 is 10.2. The number of nitrogen functional groups attached to an aromatic ring is 1. The number of nitrogens with two attached hydrogens (primary N) is 2. The van der Waals surface area contributed by atoms with Crippen LogP contribution in [0, 0.1) is 0 Å². The summed E-state index contributed by atoms with van der Waals surface area (Å²) in [7, 11) is 3.05. The van der Waals surface area contributed by atoms with Crippen LogP contribution in [-0.2, 0) is 4.79 Å². The van der Waals surface area contributed by atoms with Crippen molar-refractivity contribution in [2.24, 2.45) is 5.73 Å². The van der Waals surface area contributed by atoms with E-state index in [-0.39, 0.29) is 0 Å². The maximum absolute atomic E-state index is 11.0. The second-order valence-electron chi connectivity index (χ2n) is 3.56. The highest BCUT2D eigenvalue weighted by molar-refractivity contribution is 5.84. The molecule has 17 heavy (non-hydrogen) atoms. The lowest BCUT2D eigenvalue weighted by molar-refractivity contribution is -0.118. The Bertz CT molecular complexity index is 421. The van der Waals surface area contributed by atoms with Gasteiger partial charge in [0.15, 0.2) is 11.5 Å². The van der Waals surface area contributed by atoms with Crippen LogP contribution in [0.1, 0.15) is 6.92 Å². The molecule has 0 saturated carbocycles. The number of ether oxygens (including phenoxy) is 2. The van der Waals surface area contributed by atoms with Crippen molar-refractivity contribution < 1.29 is 14.3 Å². The van der Waals surface area contributed by atoms with Crippen LogP contribution in [0.3, 0.4) is 0 Å². The number of hydrogen-bond acceptors (Lipinski definition) is 5. The molecule has 0 spiro atoms. The van der Waals surface area contributed by atoms with E-state index >= 15 is 0 Å². The monoisotopic (exact) mass is 239 g/mol. The summed E-state index contributed by atoms with van der Waals surface area (Å²) >= 11 is 0. The fourth-order valence-electron chi connectivity index (χ4n) is 1.32. The first kappa shape index (κ1) is 13.0. The van der Waals surface area contributed by atoms with Crippen molar-refractivity contribution >= 4 is 17.3 Å². The molecule has 0 heterocycles. The zero-order valence-electron chi connectivity index (χ0n) is 10.1. The molecule has 5 N–H and O–H groups in total. The number of nitrogens with one attached hydrogen (secondary N) is 1. The Balaban J connectivity index is 3.04. The lowest BCUT2D eigenvalue weighted by atomic mass is 10.2. The van der Waals surface area contributed by atoms with Gasteiger partial charge < -0.3 is 26.3 Å². The number of amides is 1. The van der Waals surface area contributed by atoms with Crippen molar-refractivity contribution in [1.29, 1.82) is 0 Å². The van der Waals surface area contributed by atoms with Crippen molar-refractivity contribution in [1.82, 2.24) is 0 Å². The van der Waals surface area contributed by atoms with E-state index in [2.05, 4.69) is 5.32 Å². The molecule has 0 saturated heterocycles. The summed E-state index contributed by atoms with van der Waals surface area (Å²) in [4.78, 5) is 11.0. The molecule has 94 valence electrons. The molecule has 0 bridgehead atoms. The lowest BCUT2D eigenvalue weighted by Crippen LogP contribution is -2.32. The van der Waals surface area contributed by atoms with E-state index in [1.54, 1.807) is 19.1 Å². The average molecular weight is 239 g/mol. The van der Waals surface area contributed by atoms with E-state index in [1.807, 2.05) is 0 Å². The maximum Gasteiger partial charge on any atom is 0.239 e. The molecule has 6 heteroatoms. The van der Waals surface area contributed by atoms with Crippen LogP contribution in [0.15, 0.2) is 12.1 Å². The van der Waals surface area contributed by atoms with E-state index in [4.69, 9.17) is 20.9 Å². The molecule has 0 aromatic heterocycles. The molecule has 0 aliphatic carbocycles. The zero-order chi connectivity index (χ0) is 13.0. The Morgan fingerprint density at radius 2 is 1.82 bits per heavy atom. The fraction of sp³-hybridized carbons (Fsp3) is 0.364. The van der Waals surface area contributed by atoms with Gasteiger partial charge in [0.1, 0.15) is 6.04 Å². The summed E-state index contributed by atoms with van der Waals surface area (Å²) in [6.07, 6.45) is 0. The predicted octanol–water partition coefficient (Wildman–Crippen LogP) is 0.572. The Labute approximate surface area is 99.9 Å². The summed E-state index contributed by atoms with van der Waals surface area (Å²) in [5, 5.41) is 2.90. The highest BCUT2D eigenvalue weighted by Gasteiger charge is 2.13. The zero-order valence-corrected chi connectivity index (χ0v) is 10.1. The Hall–Kier alpha value is -2.11. The number of benzene rings is 1. The second-order valence-corrected chi connectivity index (χ2v) is 3.56. The molecule has 1 rings (SSSR count). The van der Waals surface area contributed by atoms with E-state index in [1.165, 1.54) is 14.2 Å². The average Bonchev–Trinajstić information content (AvgIpc) is 2.30. The minimum Gasteiger partial charge on any atom is -0.493 e. The van der Waals surface area contributed by atoms with Gasteiger partial charge in [-0.1, -0.05) is 0 Å². The standard InChI is InChI=1S/C11H17N3O3/c1-6(11(13)15)14-8-5-10(17-3)9(16-2)4-7(8)12/h4-6,14H,12H2,1-3H3,(H2,13,15). The number of hydrogen-bond donors (Lipinski definition) is 3. The Morgan fingerprint density at radius 3 is 2.29 bits per heavy atom. The van der Waals surface area contributed by atoms with Gasteiger partial charge in [0.25, 0.3) is 0 Å². The van der Waals surface area contributed by atoms with Gasteiger partial charge in [-0.05, 0) is 6.92 Å². The third kappa shape index (κ3) is 2.93. The van der Waals surface area contributed by atoms with Crippen LogP contribution in [0.2, 0.25) is 0 Å². The van der Waals surface area contributed by atoms with Crippen molar-refractivity contribution in [3.8, 4) is 11.5 Å². The van der Waals surface area contributed by atoms with Crippen molar-refractivity contribution in [2.45, 2.75) is 13.0 Å². The molecule has 1 amide bonds. The van der Waals surface area contributed by atoms with Gasteiger partial charge in [0.05, 0.1) is 25.6 Å². The Morgan fingerprint density at radius 1 is 1.29 bits per heavy atom. The first-order chi connectivity index (χ1) is 7.99. The molecular weight excluding hydrogens is 222 g/mol. The predicted molar refractivity (Wildman–Crippen MR) is 66.2 cm³/mol. The van der Waals surface area contributed by atoms with Gasteiger partial charge in [-0.3, -0.25) is 4.79 Å².